The van der Waals surface area contributed by atoms with Gasteiger partial charge in [-0.05, 0) is 25.7 Å². The monoisotopic (exact) mass is 240 g/mol. The molecule has 0 spiro atoms. The summed E-state index contributed by atoms with van der Waals surface area (Å²) in [5.74, 6) is -0.957. The van der Waals surface area contributed by atoms with Crippen LogP contribution in [0.25, 0.3) is 0 Å². The zero-order chi connectivity index (χ0) is 12.9. The molecule has 0 radical (unpaired) electrons. The third-order valence-electron chi connectivity index (χ3n) is 2.40. The van der Waals surface area contributed by atoms with Gasteiger partial charge in [0.25, 0.3) is 0 Å². The number of aliphatic hydroxyl groups excluding tert-OH is 1. The Morgan fingerprint density at radius 2 is 1.88 bits per heavy atom. The molecule has 17 heavy (non-hydrogen) atoms. The van der Waals surface area contributed by atoms with E-state index < -0.39 is 12.1 Å². The summed E-state index contributed by atoms with van der Waals surface area (Å²) < 4.78 is 0. The van der Waals surface area contributed by atoms with Crippen molar-refractivity contribution in [2.45, 2.75) is 58.0 Å². The van der Waals surface area contributed by atoms with Crippen molar-refractivity contribution in [3.05, 3.63) is 24.3 Å². The fourth-order valence-corrected chi connectivity index (χ4v) is 1.44. The number of allylic oxidation sites excluding steroid dienone is 3. The van der Waals surface area contributed by atoms with Crippen molar-refractivity contribution in [2.75, 3.05) is 0 Å². The summed E-state index contributed by atoms with van der Waals surface area (Å²) >= 11 is 0. The zero-order valence-electron chi connectivity index (χ0n) is 10.6. The van der Waals surface area contributed by atoms with E-state index in [4.69, 9.17) is 5.11 Å². The Hall–Kier alpha value is -1.09. The summed E-state index contributed by atoms with van der Waals surface area (Å²) in [5.41, 5.74) is 0. The van der Waals surface area contributed by atoms with Gasteiger partial charge in [0.15, 0.2) is 0 Å². The number of unbranched alkanes of at least 4 members (excludes halogenated alkanes) is 3. The average molecular weight is 240 g/mol. The van der Waals surface area contributed by atoms with Crippen LogP contribution in [0, 0.1) is 0 Å². The van der Waals surface area contributed by atoms with Crippen LogP contribution in [0.5, 0.6) is 0 Å². The topological polar surface area (TPSA) is 57.5 Å². The van der Waals surface area contributed by atoms with Crippen molar-refractivity contribution in [3.63, 3.8) is 0 Å². The lowest BCUT2D eigenvalue weighted by Gasteiger charge is -2.02. The maximum atomic E-state index is 10.3. The van der Waals surface area contributed by atoms with Crippen LogP contribution < -0.4 is 0 Å². The molecular formula is C14H24O3. The number of rotatable bonds is 10. The molecule has 0 aliphatic heterocycles. The molecule has 3 heteroatoms. The molecule has 1 unspecified atom stereocenters. The Morgan fingerprint density at radius 3 is 2.53 bits per heavy atom. The highest BCUT2D eigenvalue weighted by Crippen LogP contribution is 2.02. The summed E-state index contributed by atoms with van der Waals surface area (Å²) in [7, 11) is 0. The van der Waals surface area contributed by atoms with Gasteiger partial charge in [-0.25, -0.2) is 0 Å². The minimum Gasteiger partial charge on any atom is -0.481 e. The van der Waals surface area contributed by atoms with Crippen molar-refractivity contribution in [3.8, 4) is 0 Å². The van der Waals surface area contributed by atoms with Gasteiger partial charge in [0.1, 0.15) is 0 Å². The molecule has 0 aromatic carbocycles. The number of aliphatic hydroxyl groups is 1. The normalized spacial score (nSPS) is 13.5. The van der Waals surface area contributed by atoms with Crippen LogP contribution in [-0.4, -0.2) is 22.3 Å². The van der Waals surface area contributed by atoms with E-state index in [2.05, 4.69) is 19.1 Å². The van der Waals surface area contributed by atoms with Gasteiger partial charge in [-0.3, -0.25) is 4.79 Å². The lowest BCUT2D eigenvalue weighted by atomic mass is 10.1. The van der Waals surface area contributed by atoms with Crippen LogP contribution in [0.15, 0.2) is 24.3 Å². The third-order valence-corrected chi connectivity index (χ3v) is 2.40. The van der Waals surface area contributed by atoms with Gasteiger partial charge in [0, 0.05) is 0 Å². The molecule has 0 saturated carbocycles. The highest BCUT2D eigenvalue weighted by Gasteiger charge is 2.06. The van der Waals surface area contributed by atoms with Gasteiger partial charge in [-0.1, -0.05) is 44.1 Å². The number of carboxylic acids is 1. The van der Waals surface area contributed by atoms with Crippen LogP contribution in [-0.2, 0) is 4.79 Å². The second-order valence-corrected chi connectivity index (χ2v) is 4.16. The first-order valence-corrected chi connectivity index (χ1v) is 6.36. The first-order chi connectivity index (χ1) is 8.16. The van der Waals surface area contributed by atoms with Crippen LogP contribution in [0.1, 0.15) is 51.9 Å². The first kappa shape index (κ1) is 15.9. The Labute approximate surface area is 104 Å². The highest BCUT2D eigenvalue weighted by molar-refractivity contribution is 5.67. The maximum absolute atomic E-state index is 10.3. The van der Waals surface area contributed by atoms with Crippen LogP contribution >= 0.6 is 0 Å². The molecule has 0 heterocycles. The molecule has 0 rings (SSSR count). The van der Waals surface area contributed by atoms with Gasteiger partial charge in [0.05, 0.1) is 12.5 Å². The number of carbonyl (C=O) groups is 1. The Kier molecular flexibility index (Phi) is 10.7. The standard InChI is InChI=1S/C14H24O3/c1-2-3-4-5-6-7-8-9-10-11-13(15)12-14(16)17/h6-7,9-10,13,15H,2-5,8,11-12H2,1H3,(H,16,17)/b7-6-,10-9-. The molecule has 0 aliphatic carbocycles. The molecular weight excluding hydrogens is 216 g/mol. The van der Waals surface area contributed by atoms with E-state index in [-0.39, 0.29) is 6.42 Å². The maximum Gasteiger partial charge on any atom is 0.305 e. The zero-order valence-corrected chi connectivity index (χ0v) is 10.6. The van der Waals surface area contributed by atoms with E-state index in [1.54, 1.807) is 0 Å². The van der Waals surface area contributed by atoms with Crippen LogP contribution in [0.4, 0.5) is 0 Å². The number of aliphatic carboxylic acids is 1. The molecule has 3 nitrogen and oxygen atoms in total. The summed E-state index contributed by atoms with van der Waals surface area (Å²) in [6.07, 6.45) is 13.3. The SMILES string of the molecule is CCCCC/C=C\C/C=C\CC(O)CC(=O)O. The van der Waals surface area contributed by atoms with Crippen molar-refractivity contribution in [1.82, 2.24) is 0 Å². The number of hydrogen-bond acceptors (Lipinski definition) is 2. The fraction of sp³-hybridized carbons (Fsp3) is 0.643. The highest BCUT2D eigenvalue weighted by atomic mass is 16.4. The van der Waals surface area contributed by atoms with Gasteiger partial charge in [-0.2, -0.15) is 0 Å². The molecule has 0 aromatic heterocycles. The van der Waals surface area contributed by atoms with E-state index in [9.17, 15) is 9.90 Å². The molecule has 0 fully saturated rings. The molecule has 0 aromatic rings. The van der Waals surface area contributed by atoms with Gasteiger partial charge < -0.3 is 10.2 Å². The van der Waals surface area contributed by atoms with Crippen LogP contribution in [0.2, 0.25) is 0 Å². The molecule has 2 N–H and O–H groups in total. The molecule has 98 valence electrons. The predicted molar refractivity (Wildman–Crippen MR) is 69.9 cm³/mol. The van der Waals surface area contributed by atoms with Crippen molar-refractivity contribution < 1.29 is 15.0 Å². The van der Waals surface area contributed by atoms with E-state index in [1.165, 1.54) is 19.3 Å². The second-order valence-electron chi connectivity index (χ2n) is 4.16. The quantitative estimate of drug-likeness (QED) is 0.455. The van der Waals surface area contributed by atoms with E-state index in [0.29, 0.717) is 6.42 Å². The summed E-state index contributed by atoms with van der Waals surface area (Å²) in [6, 6.07) is 0. The Morgan fingerprint density at radius 1 is 1.18 bits per heavy atom. The second kappa shape index (κ2) is 11.4. The lowest BCUT2D eigenvalue weighted by Crippen LogP contribution is -2.11. The minimum absolute atomic E-state index is 0.183. The lowest BCUT2D eigenvalue weighted by molar-refractivity contribution is -0.139. The van der Waals surface area contributed by atoms with Gasteiger partial charge >= 0.3 is 5.97 Å². The molecule has 1 atom stereocenters. The predicted octanol–water partition coefficient (Wildman–Crippen LogP) is 3.29. The fourth-order valence-electron chi connectivity index (χ4n) is 1.44. The summed E-state index contributed by atoms with van der Waals surface area (Å²) in [6.45, 7) is 2.19. The first-order valence-electron chi connectivity index (χ1n) is 6.36. The Balaban J connectivity index is 3.44. The average Bonchev–Trinajstić information content (AvgIpc) is 2.26. The number of hydrogen-bond donors (Lipinski definition) is 2. The molecule has 0 saturated heterocycles. The molecule has 0 amide bonds. The summed E-state index contributed by atoms with van der Waals surface area (Å²) in [5, 5.41) is 17.7. The van der Waals surface area contributed by atoms with E-state index in [0.717, 1.165) is 12.8 Å². The minimum atomic E-state index is -0.957. The van der Waals surface area contributed by atoms with Crippen molar-refractivity contribution >= 4 is 5.97 Å². The molecule has 0 aliphatic rings. The van der Waals surface area contributed by atoms with Crippen molar-refractivity contribution in [1.29, 1.82) is 0 Å². The van der Waals surface area contributed by atoms with Gasteiger partial charge in [0.2, 0.25) is 0 Å². The third kappa shape index (κ3) is 12.8. The van der Waals surface area contributed by atoms with Crippen molar-refractivity contribution in [2.24, 2.45) is 0 Å². The van der Waals surface area contributed by atoms with E-state index >= 15 is 0 Å². The largest absolute Gasteiger partial charge is 0.481 e. The van der Waals surface area contributed by atoms with Crippen LogP contribution in [0.3, 0.4) is 0 Å². The van der Waals surface area contributed by atoms with E-state index in [1.807, 2.05) is 12.2 Å². The summed E-state index contributed by atoms with van der Waals surface area (Å²) in [4.78, 5) is 10.3. The van der Waals surface area contributed by atoms with Gasteiger partial charge in [-0.15, -0.1) is 0 Å². The number of carboxylic acid groups (broad SMARTS) is 1. The Bertz CT molecular complexity index is 244. The smallest absolute Gasteiger partial charge is 0.305 e. The molecule has 0 bridgehead atoms.